The van der Waals surface area contributed by atoms with Crippen molar-refractivity contribution in [2.45, 2.75) is 116 Å². The van der Waals surface area contributed by atoms with Crippen molar-refractivity contribution in [1.82, 2.24) is 20.8 Å². The Kier molecular flexibility index (Phi) is 9.31. The molecule has 0 saturated heterocycles. The van der Waals surface area contributed by atoms with E-state index in [0.717, 1.165) is 31.2 Å². The van der Waals surface area contributed by atoms with E-state index >= 15 is 0 Å². The number of hydrogen-bond acceptors (Lipinski definition) is 7. The lowest BCUT2D eigenvalue weighted by atomic mass is 9.93. The topological polar surface area (TPSA) is 123 Å². The van der Waals surface area contributed by atoms with Gasteiger partial charge in [-0.15, -0.1) is 0 Å². The minimum atomic E-state index is -1.09. The van der Waals surface area contributed by atoms with Crippen molar-refractivity contribution in [3.05, 3.63) is 47.6 Å². The Labute approximate surface area is 237 Å². The maximum absolute atomic E-state index is 14.0. The number of carbonyl (C=O) groups is 3. The molecule has 2 atom stereocenters. The number of ether oxygens (including phenoxy) is 1. The summed E-state index contributed by atoms with van der Waals surface area (Å²) in [5, 5.41) is 10.3. The summed E-state index contributed by atoms with van der Waals surface area (Å²) < 4.78 is 11.3. The highest BCUT2D eigenvalue weighted by atomic mass is 16.5. The van der Waals surface area contributed by atoms with E-state index < -0.39 is 35.0 Å². The molecule has 0 spiro atoms. The first-order valence-electron chi connectivity index (χ1n) is 14.7. The fourth-order valence-corrected chi connectivity index (χ4v) is 5.05. The number of esters is 1. The summed E-state index contributed by atoms with van der Waals surface area (Å²) in [6, 6.07) is 9.56. The SMILES string of the molecule is CC(C)C[C@H](OC(=O)C(C)(C)C)C(=O)NC1(C(=O)N[C@@H](CCc2ccccc2)c2nc(C3CC3)no2)CCCC1. The van der Waals surface area contributed by atoms with Gasteiger partial charge in [-0.1, -0.05) is 62.2 Å². The summed E-state index contributed by atoms with van der Waals surface area (Å²) in [5.41, 5.74) is -0.692. The Bertz CT molecular complexity index is 1160. The van der Waals surface area contributed by atoms with Crippen molar-refractivity contribution in [3.63, 3.8) is 0 Å². The number of aromatic nitrogens is 2. The second kappa shape index (κ2) is 12.5. The van der Waals surface area contributed by atoms with Gasteiger partial charge in [-0.2, -0.15) is 4.98 Å². The molecule has 0 radical (unpaired) electrons. The predicted molar refractivity (Wildman–Crippen MR) is 150 cm³/mol. The van der Waals surface area contributed by atoms with Crippen molar-refractivity contribution in [2.75, 3.05) is 0 Å². The van der Waals surface area contributed by atoms with Gasteiger partial charge in [0.1, 0.15) is 11.6 Å². The molecular formula is C31H44N4O5. The zero-order valence-electron chi connectivity index (χ0n) is 24.5. The van der Waals surface area contributed by atoms with Crippen molar-refractivity contribution in [3.8, 4) is 0 Å². The van der Waals surface area contributed by atoms with Gasteiger partial charge in [-0.3, -0.25) is 14.4 Å². The third-order valence-corrected chi connectivity index (χ3v) is 7.66. The highest BCUT2D eigenvalue weighted by Crippen LogP contribution is 2.39. The second-order valence-electron chi connectivity index (χ2n) is 12.9. The number of carbonyl (C=O) groups excluding carboxylic acids is 3. The number of aryl methyl sites for hydroxylation is 1. The molecule has 218 valence electrons. The summed E-state index contributed by atoms with van der Waals surface area (Å²) in [5.74, 6) is 0.389. The third kappa shape index (κ3) is 7.70. The first-order valence-corrected chi connectivity index (χ1v) is 14.7. The van der Waals surface area contributed by atoms with Crippen LogP contribution < -0.4 is 10.6 Å². The average molecular weight is 553 g/mol. The van der Waals surface area contributed by atoms with Crippen LogP contribution in [-0.2, 0) is 25.5 Å². The summed E-state index contributed by atoms with van der Waals surface area (Å²) in [6.07, 6.45) is 5.43. The largest absolute Gasteiger partial charge is 0.452 e. The molecule has 2 N–H and O–H groups in total. The molecule has 9 nitrogen and oxygen atoms in total. The van der Waals surface area contributed by atoms with E-state index in [1.807, 2.05) is 32.0 Å². The van der Waals surface area contributed by atoms with Crippen molar-refractivity contribution in [2.24, 2.45) is 11.3 Å². The van der Waals surface area contributed by atoms with Gasteiger partial charge in [0, 0.05) is 5.92 Å². The van der Waals surface area contributed by atoms with Crippen LogP contribution in [0.15, 0.2) is 34.9 Å². The first-order chi connectivity index (χ1) is 19.0. The van der Waals surface area contributed by atoms with E-state index in [1.54, 1.807) is 20.8 Å². The quantitative estimate of drug-likeness (QED) is 0.348. The molecule has 1 heterocycles. The Morgan fingerprint density at radius 2 is 1.77 bits per heavy atom. The third-order valence-electron chi connectivity index (χ3n) is 7.66. The van der Waals surface area contributed by atoms with Gasteiger partial charge in [-0.25, -0.2) is 0 Å². The van der Waals surface area contributed by atoms with Gasteiger partial charge in [-0.05, 0) is 77.2 Å². The van der Waals surface area contributed by atoms with Crippen molar-refractivity contribution in [1.29, 1.82) is 0 Å². The number of nitrogens with zero attached hydrogens (tertiary/aromatic N) is 2. The lowest BCUT2D eigenvalue weighted by Gasteiger charge is -2.33. The zero-order chi connectivity index (χ0) is 28.9. The van der Waals surface area contributed by atoms with Crippen molar-refractivity contribution >= 4 is 17.8 Å². The van der Waals surface area contributed by atoms with Crippen LogP contribution in [-0.4, -0.2) is 39.6 Å². The minimum Gasteiger partial charge on any atom is -0.452 e. The molecule has 2 aliphatic carbocycles. The Hall–Kier alpha value is -3.23. The Balaban J connectivity index is 1.51. The van der Waals surface area contributed by atoms with E-state index in [-0.39, 0.29) is 11.8 Å². The van der Waals surface area contributed by atoms with Gasteiger partial charge < -0.3 is 19.9 Å². The standard InChI is InChI=1S/C31H44N4O5/c1-20(2)19-24(39-29(38)30(3,4)5)26(36)34-31(17-9-10-18-31)28(37)32-23(16-13-21-11-7-6-8-12-21)27-33-25(35-40-27)22-14-15-22/h6-8,11-12,20,22-24H,9-10,13-19H2,1-5H3,(H,32,37)(H,34,36)/t23-,24-/m0/s1. The fraction of sp³-hybridized carbons (Fsp3) is 0.645. The molecule has 40 heavy (non-hydrogen) atoms. The molecule has 2 amide bonds. The minimum absolute atomic E-state index is 0.123. The van der Waals surface area contributed by atoms with Crippen LogP contribution in [0.2, 0.25) is 0 Å². The van der Waals surface area contributed by atoms with Crippen molar-refractivity contribution < 1.29 is 23.6 Å². The highest BCUT2D eigenvalue weighted by molar-refractivity contribution is 5.94. The number of nitrogens with one attached hydrogen (secondary N) is 2. The van der Waals surface area contributed by atoms with Gasteiger partial charge in [0.05, 0.1) is 5.41 Å². The molecule has 4 rings (SSSR count). The Morgan fingerprint density at radius 3 is 2.38 bits per heavy atom. The van der Waals surface area contributed by atoms with Crippen LogP contribution in [0.1, 0.15) is 115 Å². The number of rotatable bonds is 12. The summed E-state index contributed by atoms with van der Waals surface area (Å²) >= 11 is 0. The maximum Gasteiger partial charge on any atom is 0.312 e. The van der Waals surface area contributed by atoms with Crippen LogP contribution in [0.4, 0.5) is 0 Å². The lowest BCUT2D eigenvalue weighted by molar-refractivity contribution is -0.165. The summed E-state index contributed by atoms with van der Waals surface area (Å²) in [6.45, 7) is 9.22. The monoisotopic (exact) mass is 552 g/mol. The maximum atomic E-state index is 14.0. The van der Waals surface area contributed by atoms with E-state index in [2.05, 4.69) is 32.9 Å². The molecular weight excluding hydrogens is 508 g/mol. The predicted octanol–water partition coefficient (Wildman–Crippen LogP) is 5.17. The number of benzene rings is 1. The van der Waals surface area contributed by atoms with E-state index in [1.165, 1.54) is 0 Å². The molecule has 0 bridgehead atoms. The van der Waals surface area contributed by atoms with Gasteiger partial charge in [0.25, 0.3) is 5.91 Å². The van der Waals surface area contributed by atoms with Crippen LogP contribution in [0.25, 0.3) is 0 Å². The number of amides is 2. The number of hydrogen-bond donors (Lipinski definition) is 2. The highest BCUT2D eigenvalue weighted by Gasteiger charge is 2.45. The molecule has 1 aromatic heterocycles. The molecule has 2 aliphatic rings. The Morgan fingerprint density at radius 1 is 1.10 bits per heavy atom. The zero-order valence-corrected chi connectivity index (χ0v) is 24.5. The molecule has 0 aliphatic heterocycles. The first kappa shape index (κ1) is 29.7. The summed E-state index contributed by atoms with van der Waals surface area (Å²) in [4.78, 5) is 44.8. The molecule has 0 unspecified atom stereocenters. The second-order valence-corrected chi connectivity index (χ2v) is 12.9. The summed E-state index contributed by atoms with van der Waals surface area (Å²) in [7, 11) is 0. The molecule has 1 aromatic carbocycles. The van der Waals surface area contributed by atoms with Gasteiger partial charge in [0.2, 0.25) is 11.8 Å². The van der Waals surface area contributed by atoms with Gasteiger partial charge >= 0.3 is 5.97 Å². The molecule has 2 aromatic rings. The van der Waals surface area contributed by atoms with Crippen LogP contribution >= 0.6 is 0 Å². The van der Waals surface area contributed by atoms with E-state index in [9.17, 15) is 14.4 Å². The normalized spacial score (nSPS) is 18.2. The van der Waals surface area contributed by atoms with Crippen LogP contribution in [0, 0.1) is 11.3 Å². The van der Waals surface area contributed by atoms with E-state index in [4.69, 9.17) is 9.26 Å². The molecule has 2 saturated carbocycles. The molecule has 9 heteroatoms. The average Bonchev–Trinajstić information content (AvgIpc) is 3.43. The van der Waals surface area contributed by atoms with E-state index in [0.29, 0.717) is 49.7 Å². The fourth-order valence-electron chi connectivity index (χ4n) is 5.05. The lowest BCUT2D eigenvalue weighted by Crippen LogP contribution is -2.60. The van der Waals surface area contributed by atoms with Crippen LogP contribution in [0.5, 0.6) is 0 Å². The van der Waals surface area contributed by atoms with Crippen LogP contribution in [0.3, 0.4) is 0 Å². The van der Waals surface area contributed by atoms with Gasteiger partial charge in [0.15, 0.2) is 11.9 Å². The smallest absolute Gasteiger partial charge is 0.312 e. The molecule has 2 fully saturated rings.